The van der Waals surface area contributed by atoms with E-state index in [0.717, 1.165) is 28.8 Å². The maximum atomic E-state index is 12.3. The van der Waals surface area contributed by atoms with Crippen LogP contribution in [-0.4, -0.2) is 25.7 Å². The first kappa shape index (κ1) is 12.9. The number of benzene rings is 1. The molecule has 8 heteroatoms. The van der Waals surface area contributed by atoms with E-state index in [1.54, 1.807) is 4.52 Å². The van der Waals surface area contributed by atoms with Gasteiger partial charge in [-0.3, -0.25) is 4.79 Å². The summed E-state index contributed by atoms with van der Waals surface area (Å²) in [5.74, 6) is 1.07. The highest BCUT2D eigenvalue weighted by atomic mass is 79.9. The lowest BCUT2D eigenvalue weighted by molar-refractivity contribution is 0.102. The van der Waals surface area contributed by atoms with E-state index in [2.05, 4.69) is 36.5 Å². The molecule has 0 radical (unpaired) electrons. The molecule has 106 valence electrons. The van der Waals surface area contributed by atoms with Crippen molar-refractivity contribution >= 4 is 43.8 Å². The molecule has 0 spiro atoms. The zero-order chi connectivity index (χ0) is 14.4. The maximum Gasteiger partial charge on any atom is 0.286 e. The fourth-order valence-corrected chi connectivity index (χ4v) is 3.18. The topological polar surface area (TPSA) is 72.2 Å². The molecule has 0 bridgehead atoms. The Hall–Kier alpha value is -1.80. The van der Waals surface area contributed by atoms with Gasteiger partial charge in [0, 0.05) is 10.4 Å². The number of para-hydroxylation sites is 1. The van der Waals surface area contributed by atoms with Gasteiger partial charge < -0.3 is 5.32 Å². The first-order valence-corrected chi connectivity index (χ1v) is 8.11. The van der Waals surface area contributed by atoms with Crippen LogP contribution in [0, 0.1) is 0 Å². The third-order valence-electron chi connectivity index (χ3n) is 3.27. The number of nitrogens with one attached hydrogen (secondary N) is 1. The van der Waals surface area contributed by atoms with Crippen molar-refractivity contribution in [3.8, 4) is 0 Å². The van der Waals surface area contributed by atoms with Crippen molar-refractivity contribution in [3.05, 3.63) is 39.6 Å². The Morgan fingerprint density at radius 3 is 2.90 bits per heavy atom. The predicted octanol–water partition coefficient (Wildman–Crippen LogP) is 3.08. The molecule has 21 heavy (non-hydrogen) atoms. The standard InChI is InChI=1S/C13H10BrN5OS/c14-8-3-1-2-4-9(8)15-11(20)12-18-19-10(7-5-6-7)16-17-13(19)21-12/h1-4,7H,5-6H2,(H,15,20). The van der Waals surface area contributed by atoms with Crippen molar-refractivity contribution in [1.29, 1.82) is 0 Å². The molecule has 1 aromatic carbocycles. The third kappa shape index (κ3) is 2.34. The number of anilines is 1. The highest BCUT2D eigenvalue weighted by molar-refractivity contribution is 9.10. The fourth-order valence-electron chi connectivity index (χ4n) is 2.06. The van der Waals surface area contributed by atoms with Crippen LogP contribution in [0.3, 0.4) is 0 Å². The minimum atomic E-state index is -0.237. The van der Waals surface area contributed by atoms with Gasteiger partial charge in [-0.25, -0.2) is 0 Å². The van der Waals surface area contributed by atoms with Gasteiger partial charge in [-0.1, -0.05) is 23.5 Å². The van der Waals surface area contributed by atoms with E-state index in [-0.39, 0.29) is 5.91 Å². The van der Waals surface area contributed by atoms with Gasteiger partial charge in [-0.05, 0) is 40.9 Å². The van der Waals surface area contributed by atoms with Crippen LogP contribution in [0.25, 0.3) is 4.96 Å². The highest BCUT2D eigenvalue weighted by Crippen LogP contribution is 2.39. The number of hydrogen-bond donors (Lipinski definition) is 1. The summed E-state index contributed by atoms with van der Waals surface area (Å²) < 4.78 is 2.53. The summed E-state index contributed by atoms with van der Waals surface area (Å²) in [5, 5.41) is 15.8. The van der Waals surface area contributed by atoms with E-state index in [4.69, 9.17) is 0 Å². The number of rotatable bonds is 3. The van der Waals surface area contributed by atoms with Crippen LogP contribution in [0.2, 0.25) is 0 Å². The van der Waals surface area contributed by atoms with E-state index in [0.29, 0.717) is 15.9 Å². The molecule has 4 rings (SSSR count). The lowest BCUT2D eigenvalue weighted by Crippen LogP contribution is -2.12. The van der Waals surface area contributed by atoms with E-state index in [1.807, 2.05) is 24.3 Å². The molecule has 1 fully saturated rings. The van der Waals surface area contributed by atoms with E-state index in [9.17, 15) is 4.79 Å². The zero-order valence-corrected chi connectivity index (χ0v) is 13.2. The Kier molecular flexibility index (Phi) is 3.00. The van der Waals surface area contributed by atoms with Crippen LogP contribution in [0.1, 0.15) is 34.4 Å². The average Bonchev–Trinajstić information content (AvgIpc) is 3.09. The molecule has 1 saturated carbocycles. The van der Waals surface area contributed by atoms with Gasteiger partial charge in [-0.2, -0.15) is 4.52 Å². The van der Waals surface area contributed by atoms with Crippen LogP contribution in [0.5, 0.6) is 0 Å². The first-order chi connectivity index (χ1) is 10.2. The molecule has 2 aromatic heterocycles. The SMILES string of the molecule is O=C(Nc1ccccc1Br)c1nn2c(C3CC3)nnc2s1. The Morgan fingerprint density at radius 2 is 2.14 bits per heavy atom. The summed E-state index contributed by atoms with van der Waals surface area (Å²) in [4.78, 5) is 12.9. The highest BCUT2D eigenvalue weighted by Gasteiger charge is 2.30. The molecular formula is C13H10BrN5OS. The Morgan fingerprint density at radius 1 is 1.33 bits per heavy atom. The van der Waals surface area contributed by atoms with E-state index < -0.39 is 0 Å². The Labute approximate surface area is 132 Å². The Balaban J connectivity index is 1.63. The number of carbonyl (C=O) groups excluding carboxylic acids is 1. The molecule has 0 saturated heterocycles. The molecule has 1 amide bonds. The number of halogens is 1. The molecule has 0 atom stereocenters. The third-order valence-corrected chi connectivity index (χ3v) is 4.86. The molecule has 6 nitrogen and oxygen atoms in total. The minimum absolute atomic E-state index is 0.237. The van der Waals surface area contributed by atoms with Crippen molar-refractivity contribution in [2.45, 2.75) is 18.8 Å². The molecule has 0 aliphatic heterocycles. The van der Waals surface area contributed by atoms with Gasteiger partial charge in [0.05, 0.1) is 5.69 Å². The number of amides is 1. The van der Waals surface area contributed by atoms with Gasteiger partial charge in [0.15, 0.2) is 5.82 Å². The molecule has 0 unspecified atom stereocenters. The number of carbonyl (C=O) groups is 1. The summed E-state index contributed by atoms with van der Waals surface area (Å²) in [6, 6.07) is 7.46. The van der Waals surface area contributed by atoms with Gasteiger partial charge >= 0.3 is 0 Å². The maximum absolute atomic E-state index is 12.3. The smallest absolute Gasteiger partial charge is 0.286 e. The number of aromatic nitrogens is 4. The fraction of sp³-hybridized carbons (Fsp3) is 0.231. The monoisotopic (exact) mass is 363 g/mol. The Bertz CT molecular complexity index is 838. The van der Waals surface area contributed by atoms with Crippen LogP contribution < -0.4 is 5.32 Å². The first-order valence-electron chi connectivity index (χ1n) is 6.50. The summed E-state index contributed by atoms with van der Waals surface area (Å²) in [6.45, 7) is 0. The van der Waals surface area contributed by atoms with Crippen molar-refractivity contribution in [2.24, 2.45) is 0 Å². The second kappa shape index (κ2) is 4.88. The lowest BCUT2D eigenvalue weighted by atomic mass is 10.3. The van der Waals surface area contributed by atoms with E-state index in [1.165, 1.54) is 11.3 Å². The van der Waals surface area contributed by atoms with Crippen LogP contribution in [0.4, 0.5) is 5.69 Å². The van der Waals surface area contributed by atoms with Crippen LogP contribution >= 0.6 is 27.3 Å². The average molecular weight is 364 g/mol. The van der Waals surface area contributed by atoms with Crippen molar-refractivity contribution in [2.75, 3.05) is 5.32 Å². The molecule has 2 heterocycles. The van der Waals surface area contributed by atoms with Gasteiger partial charge in [-0.15, -0.1) is 15.3 Å². The molecule has 1 N–H and O–H groups in total. The molecular weight excluding hydrogens is 354 g/mol. The van der Waals surface area contributed by atoms with Gasteiger partial charge in [0.25, 0.3) is 5.91 Å². The minimum Gasteiger partial charge on any atom is -0.319 e. The van der Waals surface area contributed by atoms with Crippen LogP contribution in [-0.2, 0) is 0 Å². The molecule has 3 aromatic rings. The summed E-state index contributed by atoms with van der Waals surface area (Å²) in [6.07, 6.45) is 2.24. The zero-order valence-electron chi connectivity index (χ0n) is 10.8. The summed E-state index contributed by atoms with van der Waals surface area (Å²) in [7, 11) is 0. The number of hydrogen-bond acceptors (Lipinski definition) is 5. The number of fused-ring (bicyclic) bond motifs is 1. The van der Waals surface area contributed by atoms with Crippen molar-refractivity contribution < 1.29 is 4.79 Å². The van der Waals surface area contributed by atoms with Crippen LogP contribution in [0.15, 0.2) is 28.7 Å². The second-order valence-electron chi connectivity index (χ2n) is 4.87. The van der Waals surface area contributed by atoms with Crippen molar-refractivity contribution in [3.63, 3.8) is 0 Å². The van der Waals surface area contributed by atoms with E-state index >= 15 is 0 Å². The largest absolute Gasteiger partial charge is 0.319 e. The van der Waals surface area contributed by atoms with Crippen molar-refractivity contribution in [1.82, 2.24) is 19.8 Å². The quantitative estimate of drug-likeness (QED) is 0.775. The summed E-state index contributed by atoms with van der Waals surface area (Å²) in [5.41, 5.74) is 0.718. The lowest BCUT2D eigenvalue weighted by Gasteiger charge is -2.04. The van der Waals surface area contributed by atoms with Gasteiger partial charge in [0.1, 0.15) is 0 Å². The normalized spacial score (nSPS) is 14.5. The summed E-state index contributed by atoms with van der Waals surface area (Å²) >= 11 is 4.65. The predicted molar refractivity (Wildman–Crippen MR) is 82.7 cm³/mol. The second-order valence-corrected chi connectivity index (χ2v) is 6.68. The molecule has 1 aliphatic carbocycles. The van der Waals surface area contributed by atoms with Gasteiger partial charge in [0.2, 0.25) is 9.97 Å². The molecule has 1 aliphatic rings. The number of nitrogens with zero attached hydrogens (tertiary/aromatic N) is 4.